The van der Waals surface area contributed by atoms with Crippen molar-refractivity contribution in [3.8, 4) is 0 Å². The van der Waals surface area contributed by atoms with Gasteiger partial charge in [-0.25, -0.2) is 0 Å². The van der Waals surface area contributed by atoms with Gasteiger partial charge in [0.2, 0.25) is 0 Å². The highest BCUT2D eigenvalue weighted by Gasteiger charge is 2.26. The van der Waals surface area contributed by atoms with Crippen LogP contribution in [0.4, 0.5) is 0 Å². The number of aromatic nitrogens is 3. The van der Waals surface area contributed by atoms with Crippen molar-refractivity contribution >= 4 is 0 Å². The quantitative estimate of drug-likeness (QED) is 0.799. The van der Waals surface area contributed by atoms with Gasteiger partial charge in [0.05, 0.1) is 5.69 Å². The van der Waals surface area contributed by atoms with E-state index in [4.69, 9.17) is 0 Å². The number of nitrogens with zero attached hydrogens (tertiary/aromatic N) is 3. The molecule has 0 N–H and O–H groups in total. The van der Waals surface area contributed by atoms with Crippen LogP contribution in [0.2, 0.25) is 0 Å². The van der Waals surface area contributed by atoms with Gasteiger partial charge in [0.15, 0.2) is 0 Å². The maximum Gasteiger partial charge on any atom is 0.0832 e. The smallest absolute Gasteiger partial charge is 0.0832 e. The van der Waals surface area contributed by atoms with Crippen LogP contribution in [0.1, 0.15) is 67.5 Å². The second kappa shape index (κ2) is 6.91. The lowest BCUT2D eigenvalue weighted by molar-refractivity contribution is 0.210. The predicted octanol–water partition coefficient (Wildman–Crippen LogP) is 4.33. The van der Waals surface area contributed by atoms with E-state index >= 15 is 0 Å². The molecule has 18 heavy (non-hydrogen) atoms. The van der Waals surface area contributed by atoms with Crippen LogP contribution in [0.25, 0.3) is 0 Å². The fourth-order valence-electron chi connectivity index (χ4n) is 2.56. The molecule has 106 valence electrons. The van der Waals surface area contributed by atoms with Crippen molar-refractivity contribution in [2.24, 2.45) is 10.8 Å². The molecule has 0 spiro atoms. The standard InChI is InChI=1S/C13H25N3.C2H6/c1-7-16-9-11(14-15-16)8-13(5,6)10-12(2,3)4;1-2/h9H,7-8,10H2,1-6H3;1-2H3. The Balaban J connectivity index is 0.00000137. The molecule has 0 aromatic carbocycles. The van der Waals surface area contributed by atoms with Crippen LogP contribution in [-0.2, 0) is 13.0 Å². The molecule has 0 aliphatic rings. The molecule has 3 nitrogen and oxygen atoms in total. The summed E-state index contributed by atoms with van der Waals surface area (Å²) in [5, 5.41) is 8.30. The van der Waals surface area contributed by atoms with Crippen molar-refractivity contribution in [2.75, 3.05) is 0 Å². The molecular weight excluding hydrogens is 222 g/mol. The molecule has 1 heterocycles. The van der Waals surface area contributed by atoms with E-state index in [-0.39, 0.29) is 5.41 Å². The van der Waals surface area contributed by atoms with Crippen LogP contribution in [0, 0.1) is 10.8 Å². The first-order valence-corrected chi connectivity index (χ1v) is 7.11. The third kappa shape index (κ3) is 6.77. The molecule has 0 bridgehead atoms. The van der Waals surface area contributed by atoms with Crippen LogP contribution in [0.3, 0.4) is 0 Å². The van der Waals surface area contributed by atoms with Crippen molar-refractivity contribution in [3.05, 3.63) is 11.9 Å². The summed E-state index contributed by atoms with van der Waals surface area (Å²) in [6, 6.07) is 0. The summed E-state index contributed by atoms with van der Waals surface area (Å²) in [6.07, 6.45) is 4.26. The van der Waals surface area contributed by atoms with Crippen LogP contribution in [0.15, 0.2) is 6.20 Å². The molecule has 1 rings (SSSR count). The number of hydrogen-bond donors (Lipinski definition) is 0. The summed E-state index contributed by atoms with van der Waals surface area (Å²) in [6.45, 7) is 18.5. The van der Waals surface area contributed by atoms with Gasteiger partial charge in [-0.3, -0.25) is 4.68 Å². The van der Waals surface area contributed by atoms with E-state index in [9.17, 15) is 0 Å². The van der Waals surface area contributed by atoms with Crippen molar-refractivity contribution in [2.45, 2.75) is 74.8 Å². The monoisotopic (exact) mass is 253 g/mol. The summed E-state index contributed by atoms with van der Waals surface area (Å²) in [4.78, 5) is 0. The number of rotatable bonds is 4. The van der Waals surface area contributed by atoms with Gasteiger partial charge in [-0.05, 0) is 30.6 Å². The highest BCUT2D eigenvalue weighted by molar-refractivity contribution is 4.97. The first kappa shape index (κ1) is 17.1. The molecule has 0 aliphatic heterocycles. The lowest BCUT2D eigenvalue weighted by Gasteiger charge is -2.31. The number of aryl methyl sites for hydroxylation is 1. The normalized spacial score (nSPS) is 12.0. The maximum atomic E-state index is 4.22. The Morgan fingerprint density at radius 2 is 1.67 bits per heavy atom. The molecule has 1 aromatic heterocycles. The molecule has 0 saturated heterocycles. The molecule has 0 saturated carbocycles. The molecule has 0 amide bonds. The fourth-order valence-corrected chi connectivity index (χ4v) is 2.56. The third-order valence-corrected chi connectivity index (χ3v) is 2.58. The predicted molar refractivity (Wildman–Crippen MR) is 78.6 cm³/mol. The van der Waals surface area contributed by atoms with Gasteiger partial charge in [0.1, 0.15) is 0 Å². The Bertz CT molecular complexity index is 332. The summed E-state index contributed by atoms with van der Waals surface area (Å²) in [5.41, 5.74) is 1.76. The Morgan fingerprint density at radius 1 is 1.11 bits per heavy atom. The van der Waals surface area contributed by atoms with Crippen LogP contribution < -0.4 is 0 Å². The van der Waals surface area contributed by atoms with Gasteiger partial charge in [0.25, 0.3) is 0 Å². The SMILES string of the molecule is CC.CCn1cc(CC(C)(C)CC(C)(C)C)nn1. The Kier molecular flexibility index (Phi) is 6.58. The molecule has 0 radical (unpaired) electrons. The van der Waals surface area contributed by atoms with Crippen molar-refractivity contribution in [1.82, 2.24) is 15.0 Å². The molecule has 0 atom stereocenters. The van der Waals surface area contributed by atoms with E-state index in [0.717, 1.165) is 18.7 Å². The number of hydrogen-bond acceptors (Lipinski definition) is 2. The average molecular weight is 253 g/mol. The Hall–Kier alpha value is -0.860. The lowest BCUT2D eigenvalue weighted by atomic mass is 9.74. The topological polar surface area (TPSA) is 30.7 Å². The summed E-state index contributed by atoms with van der Waals surface area (Å²) >= 11 is 0. The average Bonchev–Trinajstić information content (AvgIpc) is 2.64. The van der Waals surface area contributed by atoms with E-state index in [1.165, 1.54) is 6.42 Å². The Labute approximate surface area is 113 Å². The zero-order valence-corrected chi connectivity index (χ0v) is 13.5. The Morgan fingerprint density at radius 3 is 2.06 bits per heavy atom. The van der Waals surface area contributed by atoms with Crippen LogP contribution in [0.5, 0.6) is 0 Å². The maximum absolute atomic E-state index is 4.22. The first-order chi connectivity index (χ1) is 8.22. The van der Waals surface area contributed by atoms with Crippen molar-refractivity contribution < 1.29 is 0 Å². The third-order valence-electron chi connectivity index (χ3n) is 2.58. The van der Waals surface area contributed by atoms with E-state index < -0.39 is 0 Å². The highest BCUT2D eigenvalue weighted by atomic mass is 15.4. The zero-order chi connectivity index (χ0) is 14.4. The van der Waals surface area contributed by atoms with Crippen molar-refractivity contribution in [1.29, 1.82) is 0 Å². The summed E-state index contributed by atoms with van der Waals surface area (Å²) in [7, 11) is 0. The van der Waals surface area contributed by atoms with Gasteiger partial charge in [-0.15, -0.1) is 5.10 Å². The van der Waals surface area contributed by atoms with E-state index in [1.54, 1.807) is 0 Å². The molecule has 0 aliphatic carbocycles. The second-order valence-corrected chi connectivity index (χ2v) is 6.64. The van der Waals surface area contributed by atoms with Gasteiger partial charge in [-0.1, -0.05) is 53.7 Å². The minimum Gasteiger partial charge on any atom is -0.253 e. The molecule has 0 unspecified atom stereocenters. The largest absolute Gasteiger partial charge is 0.253 e. The second-order valence-electron chi connectivity index (χ2n) is 6.64. The van der Waals surface area contributed by atoms with Gasteiger partial charge in [-0.2, -0.15) is 0 Å². The first-order valence-electron chi connectivity index (χ1n) is 7.11. The molecule has 0 fully saturated rings. The zero-order valence-electron chi connectivity index (χ0n) is 13.5. The highest BCUT2D eigenvalue weighted by Crippen LogP contribution is 2.35. The van der Waals surface area contributed by atoms with Gasteiger partial charge >= 0.3 is 0 Å². The fraction of sp³-hybridized carbons (Fsp3) is 0.867. The minimum atomic E-state index is 0.285. The van der Waals surface area contributed by atoms with E-state index in [2.05, 4.69) is 58.1 Å². The lowest BCUT2D eigenvalue weighted by Crippen LogP contribution is -2.23. The molecule has 1 aromatic rings. The minimum absolute atomic E-state index is 0.285. The van der Waals surface area contributed by atoms with Crippen molar-refractivity contribution in [3.63, 3.8) is 0 Å². The summed E-state index contributed by atoms with van der Waals surface area (Å²) < 4.78 is 1.89. The molecular formula is C15H31N3. The molecule has 3 heteroatoms. The van der Waals surface area contributed by atoms with Gasteiger partial charge < -0.3 is 0 Å². The summed E-state index contributed by atoms with van der Waals surface area (Å²) in [5.74, 6) is 0. The van der Waals surface area contributed by atoms with E-state index in [0.29, 0.717) is 5.41 Å². The van der Waals surface area contributed by atoms with E-state index in [1.807, 2.05) is 18.5 Å². The van der Waals surface area contributed by atoms with Crippen LogP contribution in [-0.4, -0.2) is 15.0 Å². The van der Waals surface area contributed by atoms with Gasteiger partial charge in [0, 0.05) is 12.7 Å². The van der Waals surface area contributed by atoms with Crippen LogP contribution >= 0.6 is 0 Å².